The average molecular weight is 359 g/mol. The molecule has 1 heterocycles. The van der Waals surface area contributed by atoms with Crippen molar-refractivity contribution in [3.05, 3.63) is 64.3 Å². The standard InChI is InChI=1S/C19H19ClN2O3/c1-12-16(9-10-25-21)17-11-15(24-2)7-8-18(17)22(12)19(23)13-3-5-14(20)6-4-13/h3-8,11H,9-10,21H2,1-2H3. The number of fused-ring (bicyclic) bond motifs is 1. The van der Waals surface area contributed by atoms with Gasteiger partial charge in [0.25, 0.3) is 5.91 Å². The summed E-state index contributed by atoms with van der Waals surface area (Å²) in [6, 6.07) is 12.5. The zero-order chi connectivity index (χ0) is 18.0. The highest BCUT2D eigenvalue weighted by Gasteiger charge is 2.20. The first kappa shape index (κ1) is 17.5. The van der Waals surface area contributed by atoms with Crippen molar-refractivity contribution in [2.45, 2.75) is 13.3 Å². The van der Waals surface area contributed by atoms with E-state index in [9.17, 15) is 4.79 Å². The maximum absolute atomic E-state index is 13.1. The van der Waals surface area contributed by atoms with Crippen LogP contribution < -0.4 is 10.6 Å². The van der Waals surface area contributed by atoms with Crippen LogP contribution in [0.1, 0.15) is 21.6 Å². The summed E-state index contributed by atoms with van der Waals surface area (Å²) in [7, 11) is 1.62. The third kappa shape index (κ3) is 3.26. The molecule has 25 heavy (non-hydrogen) atoms. The van der Waals surface area contributed by atoms with E-state index in [2.05, 4.69) is 0 Å². The molecule has 0 aliphatic carbocycles. The van der Waals surface area contributed by atoms with Gasteiger partial charge in [0.15, 0.2) is 0 Å². The summed E-state index contributed by atoms with van der Waals surface area (Å²) in [5, 5.41) is 1.55. The number of hydrogen-bond acceptors (Lipinski definition) is 4. The number of aromatic nitrogens is 1. The highest BCUT2D eigenvalue weighted by Crippen LogP contribution is 2.30. The third-order valence-corrected chi connectivity index (χ3v) is 4.56. The Morgan fingerprint density at radius 2 is 1.92 bits per heavy atom. The first-order valence-corrected chi connectivity index (χ1v) is 8.24. The first-order chi connectivity index (χ1) is 12.1. The lowest BCUT2D eigenvalue weighted by atomic mass is 10.1. The fraction of sp³-hybridized carbons (Fsp3) is 0.211. The van der Waals surface area contributed by atoms with Crippen molar-refractivity contribution >= 4 is 28.4 Å². The van der Waals surface area contributed by atoms with E-state index in [0.717, 1.165) is 27.9 Å². The van der Waals surface area contributed by atoms with Crippen molar-refractivity contribution in [1.82, 2.24) is 4.57 Å². The topological polar surface area (TPSA) is 66.5 Å². The van der Waals surface area contributed by atoms with Gasteiger partial charge in [0.1, 0.15) is 5.75 Å². The van der Waals surface area contributed by atoms with Crippen molar-refractivity contribution in [2.75, 3.05) is 13.7 Å². The Hall–Kier alpha value is -2.34. The van der Waals surface area contributed by atoms with Gasteiger partial charge < -0.3 is 9.57 Å². The van der Waals surface area contributed by atoms with Gasteiger partial charge in [-0.05, 0) is 55.0 Å². The van der Waals surface area contributed by atoms with Crippen LogP contribution in [0, 0.1) is 6.92 Å². The van der Waals surface area contributed by atoms with Crippen LogP contribution >= 0.6 is 11.6 Å². The highest BCUT2D eigenvalue weighted by molar-refractivity contribution is 6.30. The molecule has 5 nitrogen and oxygen atoms in total. The molecule has 3 rings (SSSR count). The monoisotopic (exact) mass is 358 g/mol. The number of nitrogens with two attached hydrogens (primary N) is 1. The molecule has 0 fully saturated rings. The van der Waals surface area contributed by atoms with Crippen LogP contribution in [-0.4, -0.2) is 24.2 Å². The Labute approximate surface area is 150 Å². The summed E-state index contributed by atoms with van der Waals surface area (Å²) >= 11 is 5.93. The van der Waals surface area contributed by atoms with E-state index in [1.54, 1.807) is 35.9 Å². The van der Waals surface area contributed by atoms with Crippen LogP contribution in [0.4, 0.5) is 0 Å². The molecule has 0 bridgehead atoms. The molecule has 1 aromatic heterocycles. The predicted molar refractivity (Wildman–Crippen MR) is 98.3 cm³/mol. The average Bonchev–Trinajstić information content (AvgIpc) is 2.90. The third-order valence-electron chi connectivity index (χ3n) is 4.31. The number of rotatable bonds is 5. The van der Waals surface area contributed by atoms with Crippen LogP contribution in [0.3, 0.4) is 0 Å². The van der Waals surface area contributed by atoms with E-state index < -0.39 is 0 Å². The van der Waals surface area contributed by atoms with Crippen molar-refractivity contribution in [3.8, 4) is 5.75 Å². The SMILES string of the molecule is COc1ccc2c(c1)c(CCON)c(C)n2C(=O)c1ccc(Cl)cc1. The lowest BCUT2D eigenvalue weighted by molar-refractivity contribution is 0.0962. The maximum Gasteiger partial charge on any atom is 0.262 e. The predicted octanol–water partition coefficient (Wildman–Crippen LogP) is 3.73. The molecule has 0 spiro atoms. The van der Waals surface area contributed by atoms with Gasteiger partial charge in [0, 0.05) is 28.1 Å². The molecule has 0 saturated carbocycles. The highest BCUT2D eigenvalue weighted by atomic mass is 35.5. The number of carbonyl (C=O) groups excluding carboxylic acids is 1. The maximum atomic E-state index is 13.1. The Bertz CT molecular complexity index is 917. The van der Waals surface area contributed by atoms with E-state index in [4.69, 9.17) is 27.1 Å². The number of nitrogens with zero attached hydrogens (tertiary/aromatic N) is 1. The Balaban J connectivity index is 2.18. The van der Waals surface area contributed by atoms with E-state index >= 15 is 0 Å². The molecule has 6 heteroatoms. The normalized spacial score (nSPS) is 11.0. The molecule has 130 valence electrons. The fourth-order valence-corrected chi connectivity index (χ4v) is 3.18. The minimum atomic E-state index is -0.107. The molecule has 0 aliphatic rings. The Morgan fingerprint density at radius 1 is 1.20 bits per heavy atom. The van der Waals surface area contributed by atoms with Gasteiger partial charge in [-0.2, -0.15) is 0 Å². The molecule has 2 N–H and O–H groups in total. The van der Waals surface area contributed by atoms with Gasteiger partial charge in [0.2, 0.25) is 0 Å². The molecule has 0 aliphatic heterocycles. The van der Waals surface area contributed by atoms with Gasteiger partial charge in [-0.1, -0.05) is 11.6 Å². The van der Waals surface area contributed by atoms with Crippen molar-refractivity contribution in [1.29, 1.82) is 0 Å². The molecule has 2 aromatic carbocycles. The Kier molecular flexibility index (Phi) is 5.08. The number of carbonyl (C=O) groups is 1. The van der Waals surface area contributed by atoms with Crippen LogP contribution in [0.2, 0.25) is 5.02 Å². The zero-order valence-corrected chi connectivity index (χ0v) is 14.8. The number of halogens is 1. The van der Waals surface area contributed by atoms with Gasteiger partial charge >= 0.3 is 0 Å². The van der Waals surface area contributed by atoms with Crippen molar-refractivity contribution in [2.24, 2.45) is 5.90 Å². The number of benzene rings is 2. The molecule has 0 atom stereocenters. The second-order valence-corrected chi connectivity index (χ2v) is 6.15. The summed E-state index contributed by atoms with van der Waals surface area (Å²) < 4.78 is 7.04. The quantitative estimate of drug-likeness (QED) is 0.706. The largest absolute Gasteiger partial charge is 0.497 e. The summed E-state index contributed by atoms with van der Waals surface area (Å²) in [5.41, 5.74) is 3.27. The van der Waals surface area contributed by atoms with E-state index in [1.165, 1.54) is 0 Å². The van der Waals surface area contributed by atoms with Gasteiger partial charge in [0.05, 0.1) is 19.2 Å². The molecule has 0 unspecified atom stereocenters. The van der Waals surface area contributed by atoms with Crippen molar-refractivity contribution in [3.63, 3.8) is 0 Å². The summed E-state index contributed by atoms with van der Waals surface area (Å²) in [5.74, 6) is 5.82. The Morgan fingerprint density at radius 3 is 2.56 bits per heavy atom. The van der Waals surface area contributed by atoms with Gasteiger partial charge in [-0.3, -0.25) is 9.36 Å². The van der Waals surface area contributed by atoms with E-state index in [0.29, 0.717) is 23.6 Å². The van der Waals surface area contributed by atoms with Crippen molar-refractivity contribution < 1.29 is 14.4 Å². The molecule has 0 radical (unpaired) electrons. The summed E-state index contributed by atoms with van der Waals surface area (Å²) in [4.78, 5) is 17.8. The van der Waals surface area contributed by atoms with Gasteiger partial charge in [-0.25, -0.2) is 5.90 Å². The number of ether oxygens (including phenoxy) is 1. The van der Waals surface area contributed by atoms with Crippen LogP contribution in [-0.2, 0) is 11.3 Å². The van der Waals surface area contributed by atoms with Crippen LogP contribution in [0.25, 0.3) is 10.9 Å². The minimum absolute atomic E-state index is 0.107. The molecule has 0 amide bonds. The first-order valence-electron chi connectivity index (χ1n) is 7.86. The molecule has 0 saturated heterocycles. The smallest absolute Gasteiger partial charge is 0.262 e. The van der Waals surface area contributed by atoms with Gasteiger partial charge in [-0.15, -0.1) is 0 Å². The second kappa shape index (κ2) is 7.27. The summed E-state index contributed by atoms with van der Waals surface area (Å²) in [6.45, 7) is 2.29. The van der Waals surface area contributed by atoms with Crippen LogP contribution in [0.5, 0.6) is 5.75 Å². The number of methoxy groups -OCH3 is 1. The minimum Gasteiger partial charge on any atom is -0.497 e. The lowest BCUT2D eigenvalue weighted by Crippen LogP contribution is -2.14. The fourth-order valence-electron chi connectivity index (χ4n) is 3.05. The lowest BCUT2D eigenvalue weighted by Gasteiger charge is -2.08. The van der Waals surface area contributed by atoms with Crippen LogP contribution in [0.15, 0.2) is 42.5 Å². The molecule has 3 aromatic rings. The second-order valence-electron chi connectivity index (χ2n) is 5.72. The number of hydrogen-bond donors (Lipinski definition) is 1. The molecular formula is C19H19ClN2O3. The summed E-state index contributed by atoms with van der Waals surface area (Å²) in [6.07, 6.45) is 0.604. The zero-order valence-electron chi connectivity index (χ0n) is 14.1. The molecular weight excluding hydrogens is 340 g/mol. The van der Waals surface area contributed by atoms with E-state index in [1.807, 2.05) is 25.1 Å². The van der Waals surface area contributed by atoms with E-state index in [-0.39, 0.29) is 5.91 Å².